The topological polar surface area (TPSA) is 55.3 Å². The van der Waals surface area contributed by atoms with Crippen molar-refractivity contribution in [2.45, 2.75) is 12.8 Å². The summed E-state index contributed by atoms with van der Waals surface area (Å²) in [5.41, 5.74) is 2.06. The van der Waals surface area contributed by atoms with Gasteiger partial charge < -0.3 is 4.74 Å². The Morgan fingerprint density at radius 1 is 1.11 bits per heavy atom. The smallest absolute Gasteiger partial charge is 0.229 e. The lowest BCUT2D eigenvalue weighted by Gasteiger charge is -2.18. The van der Waals surface area contributed by atoms with E-state index in [1.54, 1.807) is 12.0 Å². The molecule has 0 aliphatic carbocycles. The third-order valence-electron chi connectivity index (χ3n) is 4.03. The van der Waals surface area contributed by atoms with E-state index in [4.69, 9.17) is 16.3 Å². The molecule has 0 saturated carbocycles. The molecule has 0 unspecified atom stereocenters. The Kier molecular flexibility index (Phi) is 6.92. The van der Waals surface area contributed by atoms with Crippen LogP contribution in [0.25, 0.3) is 10.6 Å². The summed E-state index contributed by atoms with van der Waals surface area (Å²) in [4.78, 5) is 14.5. The van der Waals surface area contributed by atoms with Gasteiger partial charge in [0.1, 0.15) is 5.01 Å². The number of carbonyl (C=O) groups excluding carboxylic acids is 1. The minimum Gasteiger partial charge on any atom is -0.383 e. The standard InChI is InChI=1S/C20H20ClN3O2S/c1-26-14-13-24(18(25)12-7-15-5-3-2-4-6-15)20-23-22-19(27-20)16-8-10-17(21)11-9-16/h2-6,8-11H,7,12-14H2,1H3. The van der Waals surface area contributed by atoms with Gasteiger partial charge in [-0.3, -0.25) is 9.69 Å². The lowest BCUT2D eigenvalue weighted by molar-refractivity contribution is -0.118. The SMILES string of the molecule is COCCN(C(=O)CCc1ccccc1)c1nnc(-c2ccc(Cl)cc2)s1. The van der Waals surface area contributed by atoms with Gasteiger partial charge in [-0.05, 0) is 24.1 Å². The number of rotatable bonds is 8. The van der Waals surface area contributed by atoms with Gasteiger partial charge in [-0.15, -0.1) is 10.2 Å². The van der Waals surface area contributed by atoms with Crippen molar-refractivity contribution in [2.75, 3.05) is 25.2 Å². The van der Waals surface area contributed by atoms with Crippen molar-refractivity contribution in [1.82, 2.24) is 10.2 Å². The Morgan fingerprint density at radius 3 is 2.56 bits per heavy atom. The predicted molar refractivity (Wildman–Crippen MR) is 109 cm³/mol. The summed E-state index contributed by atoms with van der Waals surface area (Å²) in [5.74, 6) is 0.00899. The third-order valence-corrected chi connectivity index (χ3v) is 5.27. The van der Waals surface area contributed by atoms with Crippen LogP contribution in [0.4, 0.5) is 5.13 Å². The summed E-state index contributed by atoms with van der Waals surface area (Å²) in [6.07, 6.45) is 1.09. The molecule has 1 aromatic heterocycles. The van der Waals surface area contributed by atoms with Crippen LogP contribution < -0.4 is 4.90 Å². The van der Waals surface area contributed by atoms with Gasteiger partial charge >= 0.3 is 0 Å². The summed E-state index contributed by atoms with van der Waals surface area (Å²) >= 11 is 7.32. The molecule has 0 aliphatic rings. The van der Waals surface area contributed by atoms with Crippen LogP contribution in [-0.4, -0.2) is 36.4 Å². The van der Waals surface area contributed by atoms with Crippen molar-refractivity contribution in [3.05, 3.63) is 65.2 Å². The first-order valence-corrected chi connectivity index (χ1v) is 9.79. The molecular formula is C20H20ClN3O2S. The van der Waals surface area contributed by atoms with E-state index in [1.165, 1.54) is 11.3 Å². The molecule has 2 aromatic carbocycles. The molecule has 1 heterocycles. The van der Waals surface area contributed by atoms with Crippen molar-refractivity contribution < 1.29 is 9.53 Å². The molecule has 3 aromatic rings. The second-order valence-corrected chi connectivity index (χ2v) is 7.31. The van der Waals surface area contributed by atoms with Crippen molar-refractivity contribution in [3.8, 4) is 10.6 Å². The van der Waals surface area contributed by atoms with Crippen molar-refractivity contribution in [2.24, 2.45) is 0 Å². The molecule has 0 aliphatic heterocycles. The molecule has 0 atom stereocenters. The molecular weight excluding hydrogens is 382 g/mol. The van der Waals surface area contributed by atoms with E-state index in [-0.39, 0.29) is 5.91 Å². The average molecular weight is 402 g/mol. The number of benzene rings is 2. The fourth-order valence-corrected chi connectivity index (χ4v) is 3.59. The van der Waals surface area contributed by atoms with Gasteiger partial charge in [-0.1, -0.05) is 65.4 Å². The van der Waals surface area contributed by atoms with Gasteiger partial charge in [0, 0.05) is 24.1 Å². The highest BCUT2D eigenvalue weighted by Gasteiger charge is 2.20. The summed E-state index contributed by atoms with van der Waals surface area (Å²) in [6, 6.07) is 17.4. The minimum atomic E-state index is 0.00899. The highest BCUT2D eigenvalue weighted by Crippen LogP contribution is 2.29. The number of nitrogens with zero attached hydrogens (tertiary/aromatic N) is 3. The molecule has 0 radical (unpaired) electrons. The van der Waals surface area contributed by atoms with E-state index in [0.717, 1.165) is 16.1 Å². The first-order valence-electron chi connectivity index (χ1n) is 8.60. The first-order chi connectivity index (χ1) is 13.2. The molecule has 140 valence electrons. The third kappa shape index (κ3) is 5.35. The number of amides is 1. The molecule has 0 saturated heterocycles. The highest BCUT2D eigenvalue weighted by molar-refractivity contribution is 7.18. The van der Waals surface area contributed by atoms with Crippen molar-refractivity contribution in [3.63, 3.8) is 0 Å². The molecule has 0 spiro atoms. The number of halogens is 1. The van der Waals surface area contributed by atoms with E-state index in [9.17, 15) is 4.79 Å². The van der Waals surface area contributed by atoms with Crippen molar-refractivity contribution >= 4 is 34.0 Å². The number of methoxy groups -OCH3 is 1. The lowest BCUT2D eigenvalue weighted by atomic mass is 10.1. The lowest BCUT2D eigenvalue weighted by Crippen LogP contribution is -2.34. The second-order valence-electron chi connectivity index (χ2n) is 5.92. The Balaban J connectivity index is 1.73. The first kappa shape index (κ1) is 19.5. The maximum absolute atomic E-state index is 12.8. The van der Waals surface area contributed by atoms with Crippen LogP contribution >= 0.6 is 22.9 Å². The Morgan fingerprint density at radius 2 is 1.85 bits per heavy atom. The maximum Gasteiger partial charge on any atom is 0.229 e. The second kappa shape index (κ2) is 9.60. The zero-order valence-corrected chi connectivity index (χ0v) is 16.5. The molecule has 0 bridgehead atoms. The summed E-state index contributed by atoms with van der Waals surface area (Å²) < 4.78 is 5.16. The average Bonchev–Trinajstić information content (AvgIpc) is 3.18. The molecule has 27 heavy (non-hydrogen) atoms. The van der Waals surface area contributed by atoms with Gasteiger partial charge in [0.2, 0.25) is 11.0 Å². The van der Waals surface area contributed by atoms with Crippen LogP contribution in [0.1, 0.15) is 12.0 Å². The zero-order valence-electron chi connectivity index (χ0n) is 15.0. The number of aromatic nitrogens is 2. The maximum atomic E-state index is 12.8. The van der Waals surface area contributed by atoms with Gasteiger partial charge in [0.05, 0.1) is 13.2 Å². The zero-order chi connectivity index (χ0) is 19.1. The van der Waals surface area contributed by atoms with E-state index in [0.29, 0.717) is 36.1 Å². The molecule has 7 heteroatoms. The van der Waals surface area contributed by atoms with Crippen molar-refractivity contribution in [1.29, 1.82) is 0 Å². The molecule has 0 N–H and O–H groups in total. The molecule has 5 nitrogen and oxygen atoms in total. The number of hydrogen-bond donors (Lipinski definition) is 0. The Labute approximate surface area is 167 Å². The number of ether oxygens (including phenoxy) is 1. The van der Waals surface area contributed by atoms with Crippen LogP contribution in [0, 0.1) is 0 Å². The predicted octanol–water partition coefficient (Wildman–Crippen LogP) is 4.47. The Bertz CT molecular complexity index is 868. The summed E-state index contributed by atoms with van der Waals surface area (Å²) in [5, 5.41) is 10.5. The van der Waals surface area contributed by atoms with Gasteiger partial charge in [0.15, 0.2) is 0 Å². The fraction of sp³-hybridized carbons (Fsp3) is 0.250. The van der Waals surface area contributed by atoms with E-state index < -0.39 is 0 Å². The molecule has 0 fully saturated rings. The van der Waals surface area contributed by atoms with Gasteiger partial charge in [-0.25, -0.2) is 0 Å². The van der Waals surface area contributed by atoms with Crippen LogP contribution in [0.15, 0.2) is 54.6 Å². The Hall–Kier alpha value is -2.28. The van der Waals surface area contributed by atoms with E-state index >= 15 is 0 Å². The minimum absolute atomic E-state index is 0.00899. The van der Waals surface area contributed by atoms with Crippen LogP contribution in [0.2, 0.25) is 5.02 Å². The fourth-order valence-electron chi connectivity index (χ4n) is 2.57. The van der Waals surface area contributed by atoms with Crippen LogP contribution in [-0.2, 0) is 16.0 Å². The van der Waals surface area contributed by atoms with Crippen LogP contribution in [0.5, 0.6) is 0 Å². The highest BCUT2D eigenvalue weighted by atomic mass is 35.5. The number of hydrogen-bond acceptors (Lipinski definition) is 5. The van der Waals surface area contributed by atoms with Gasteiger partial charge in [-0.2, -0.15) is 0 Å². The van der Waals surface area contributed by atoms with Gasteiger partial charge in [0.25, 0.3) is 0 Å². The normalized spacial score (nSPS) is 10.7. The largest absolute Gasteiger partial charge is 0.383 e. The van der Waals surface area contributed by atoms with Crippen LogP contribution in [0.3, 0.4) is 0 Å². The molecule has 3 rings (SSSR count). The quantitative estimate of drug-likeness (QED) is 0.558. The summed E-state index contributed by atoms with van der Waals surface area (Å²) in [6.45, 7) is 0.881. The van der Waals surface area contributed by atoms with E-state index in [1.807, 2.05) is 54.6 Å². The number of carbonyl (C=O) groups is 1. The monoisotopic (exact) mass is 401 g/mol. The molecule has 1 amide bonds. The summed E-state index contributed by atoms with van der Waals surface area (Å²) in [7, 11) is 1.62. The van der Waals surface area contributed by atoms with E-state index in [2.05, 4.69) is 10.2 Å². The number of aryl methyl sites for hydroxylation is 1. The number of anilines is 1.